The highest BCUT2D eigenvalue weighted by atomic mass is 35.5. The summed E-state index contributed by atoms with van der Waals surface area (Å²) in [5, 5.41) is 0.445. The number of halogens is 2. The first-order valence-corrected chi connectivity index (χ1v) is 4.74. The van der Waals surface area contributed by atoms with E-state index in [1.807, 2.05) is 0 Å². The van der Waals surface area contributed by atoms with Gasteiger partial charge < -0.3 is 4.74 Å². The molecule has 2 rings (SSSR count). The summed E-state index contributed by atoms with van der Waals surface area (Å²) in [4.78, 5) is 0. The van der Waals surface area contributed by atoms with Gasteiger partial charge in [-0.15, -0.1) is 0 Å². The topological polar surface area (TPSA) is 9.23 Å². The Morgan fingerprint density at radius 1 is 1.07 bits per heavy atom. The Balaban J connectivity index is 2.30. The number of hydrogen-bond acceptors (Lipinski definition) is 1. The monoisotopic (exact) mass is 221 g/mol. The van der Waals surface area contributed by atoms with Crippen molar-refractivity contribution in [3.63, 3.8) is 0 Å². The maximum atomic E-state index is 13.2. The zero-order valence-corrected chi connectivity index (χ0v) is 8.46. The van der Waals surface area contributed by atoms with Gasteiger partial charge in [0.1, 0.15) is 5.75 Å². The molecule has 0 saturated carbocycles. The highest BCUT2D eigenvalue weighted by Crippen LogP contribution is 2.29. The lowest BCUT2D eigenvalue weighted by Crippen LogP contribution is -1.88. The molecule has 1 nitrogen and oxygen atoms in total. The molecule has 0 spiro atoms. The molecule has 0 fully saturated rings. The average Bonchev–Trinajstić information content (AvgIpc) is 2.24. The molecule has 0 N–H and O–H groups in total. The molecule has 75 valence electrons. The van der Waals surface area contributed by atoms with Crippen LogP contribution in [0.1, 0.15) is 0 Å². The fourth-order valence-electron chi connectivity index (χ4n) is 1.13. The molecule has 0 saturated heterocycles. The molecular formula is C12H7ClFO. The molecule has 0 aromatic heterocycles. The van der Waals surface area contributed by atoms with Crippen LogP contribution in [0.3, 0.4) is 0 Å². The Morgan fingerprint density at radius 2 is 1.80 bits per heavy atom. The number of benzene rings is 2. The van der Waals surface area contributed by atoms with Gasteiger partial charge in [-0.25, -0.2) is 4.39 Å². The van der Waals surface area contributed by atoms with Gasteiger partial charge in [0.2, 0.25) is 0 Å². The van der Waals surface area contributed by atoms with Crippen LogP contribution >= 0.6 is 11.6 Å². The lowest BCUT2D eigenvalue weighted by atomic mass is 10.3. The van der Waals surface area contributed by atoms with Gasteiger partial charge in [-0.2, -0.15) is 0 Å². The maximum Gasteiger partial charge on any atom is 0.173 e. The predicted molar refractivity (Wildman–Crippen MR) is 56.8 cm³/mol. The van der Waals surface area contributed by atoms with Crippen molar-refractivity contribution in [1.29, 1.82) is 0 Å². The number of ether oxygens (including phenoxy) is 1. The Hall–Kier alpha value is -1.54. The SMILES string of the molecule is Fc1[c]cccc1Oc1ccccc1Cl. The molecule has 0 unspecified atom stereocenters. The molecule has 0 atom stereocenters. The van der Waals surface area contributed by atoms with Crippen molar-refractivity contribution >= 4 is 11.6 Å². The van der Waals surface area contributed by atoms with Crippen LogP contribution in [0, 0.1) is 11.9 Å². The van der Waals surface area contributed by atoms with E-state index >= 15 is 0 Å². The van der Waals surface area contributed by atoms with E-state index < -0.39 is 5.82 Å². The van der Waals surface area contributed by atoms with Crippen LogP contribution in [-0.4, -0.2) is 0 Å². The molecule has 0 aliphatic carbocycles. The Kier molecular flexibility index (Phi) is 2.88. The standard InChI is InChI=1S/C12H7ClFO/c13-9-5-1-3-7-11(9)15-12-8-4-2-6-10(12)14/h1-5,7-8H. The van der Waals surface area contributed by atoms with Crippen LogP contribution in [0.25, 0.3) is 0 Å². The third-order valence-corrected chi connectivity index (χ3v) is 2.14. The lowest BCUT2D eigenvalue weighted by Gasteiger charge is -2.07. The molecule has 0 amide bonds. The molecular weight excluding hydrogens is 215 g/mol. The first-order chi connectivity index (χ1) is 7.27. The molecule has 0 bridgehead atoms. The molecule has 0 aliphatic rings. The third-order valence-electron chi connectivity index (χ3n) is 1.83. The molecule has 3 heteroatoms. The molecule has 2 aromatic rings. The summed E-state index contributed by atoms with van der Waals surface area (Å²) < 4.78 is 18.5. The van der Waals surface area contributed by atoms with Gasteiger partial charge in [0.25, 0.3) is 0 Å². The Labute approximate surface area is 92.1 Å². The smallest absolute Gasteiger partial charge is 0.173 e. The fraction of sp³-hybridized carbons (Fsp3) is 0. The highest BCUT2D eigenvalue weighted by Gasteiger charge is 2.05. The number of para-hydroxylation sites is 1. The summed E-state index contributed by atoms with van der Waals surface area (Å²) in [7, 11) is 0. The number of rotatable bonds is 2. The summed E-state index contributed by atoms with van der Waals surface area (Å²) in [5.41, 5.74) is 0. The summed E-state index contributed by atoms with van der Waals surface area (Å²) in [6, 6.07) is 14.0. The average molecular weight is 222 g/mol. The second-order valence-corrected chi connectivity index (χ2v) is 3.29. The zero-order chi connectivity index (χ0) is 10.7. The summed E-state index contributed by atoms with van der Waals surface area (Å²) in [6.45, 7) is 0. The summed E-state index contributed by atoms with van der Waals surface area (Å²) in [5.74, 6) is 0.0145. The van der Waals surface area contributed by atoms with Crippen LogP contribution in [0.15, 0.2) is 42.5 Å². The van der Waals surface area contributed by atoms with E-state index in [9.17, 15) is 4.39 Å². The molecule has 0 heterocycles. The van der Waals surface area contributed by atoms with Gasteiger partial charge in [0, 0.05) is 6.07 Å². The van der Waals surface area contributed by atoms with Crippen LogP contribution < -0.4 is 4.74 Å². The molecule has 2 aromatic carbocycles. The van der Waals surface area contributed by atoms with E-state index in [-0.39, 0.29) is 5.75 Å². The van der Waals surface area contributed by atoms with Gasteiger partial charge in [0.15, 0.2) is 11.6 Å². The summed E-state index contributed by atoms with van der Waals surface area (Å²) >= 11 is 5.87. The molecule has 1 radical (unpaired) electrons. The summed E-state index contributed by atoms with van der Waals surface area (Å²) in [6.07, 6.45) is 0. The van der Waals surface area contributed by atoms with Crippen LogP contribution in [0.2, 0.25) is 5.02 Å². The van der Waals surface area contributed by atoms with Crippen molar-refractivity contribution in [1.82, 2.24) is 0 Å². The van der Waals surface area contributed by atoms with E-state index in [1.165, 1.54) is 12.1 Å². The second kappa shape index (κ2) is 4.32. The van der Waals surface area contributed by atoms with Gasteiger partial charge in [0.05, 0.1) is 5.02 Å². The van der Waals surface area contributed by atoms with E-state index in [1.54, 1.807) is 30.3 Å². The second-order valence-electron chi connectivity index (χ2n) is 2.88. The highest BCUT2D eigenvalue weighted by molar-refractivity contribution is 6.32. The Morgan fingerprint density at radius 3 is 2.53 bits per heavy atom. The van der Waals surface area contributed by atoms with E-state index in [0.29, 0.717) is 10.8 Å². The third kappa shape index (κ3) is 2.28. The quantitative estimate of drug-likeness (QED) is 0.743. The lowest BCUT2D eigenvalue weighted by molar-refractivity contribution is 0.442. The first kappa shape index (κ1) is 9.99. The molecule has 0 aliphatic heterocycles. The van der Waals surface area contributed by atoms with E-state index in [4.69, 9.17) is 16.3 Å². The fourth-order valence-corrected chi connectivity index (χ4v) is 1.30. The first-order valence-electron chi connectivity index (χ1n) is 4.36. The van der Waals surface area contributed by atoms with Crippen molar-refractivity contribution < 1.29 is 9.13 Å². The van der Waals surface area contributed by atoms with Crippen LogP contribution in [0.5, 0.6) is 11.5 Å². The van der Waals surface area contributed by atoms with Crippen molar-refractivity contribution in [2.24, 2.45) is 0 Å². The van der Waals surface area contributed by atoms with E-state index in [2.05, 4.69) is 6.07 Å². The van der Waals surface area contributed by atoms with Gasteiger partial charge in [-0.1, -0.05) is 35.9 Å². The zero-order valence-electron chi connectivity index (χ0n) is 7.71. The van der Waals surface area contributed by atoms with E-state index in [0.717, 1.165) is 0 Å². The van der Waals surface area contributed by atoms with Gasteiger partial charge in [-0.3, -0.25) is 0 Å². The van der Waals surface area contributed by atoms with Crippen molar-refractivity contribution in [2.45, 2.75) is 0 Å². The normalized spacial score (nSPS) is 10.0. The van der Waals surface area contributed by atoms with Crippen LogP contribution in [-0.2, 0) is 0 Å². The Bertz CT molecular complexity index is 427. The minimum Gasteiger partial charge on any atom is -0.453 e. The largest absolute Gasteiger partial charge is 0.453 e. The predicted octanol–water partition coefficient (Wildman–Crippen LogP) is 4.07. The van der Waals surface area contributed by atoms with Crippen molar-refractivity contribution in [2.75, 3.05) is 0 Å². The van der Waals surface area contributed by atoms with Crippen LogP contribution in [0.4, 0.5) is 4.39 Å². The minimum absolute atomic E-state index is 0.116. The minimum atomic E-state index is -0.530. The maximum absolute atomic E-state index is 13.2. The van der Waals surface area contributed by atoms with Gasteiger partial charge in [-0.05, 0) is 18.2 Å². The number of hydrogen-bond donors (Lipinski definition) is 0. The van der Waals surface area contributed by atoms with Gasteiger partial charge >= 0.3 is 0 Å². The molecule has 15 heavy (non-hydrogen) atoms. The van der Waals surface area contributed by atoms with Crippen molar-refractivity contribution in [3.05, 3.63) is 59.4 Å². The van der Waals surface area contributed by atoms with Crippen molar-refractivity contribution in [3.8, 4) is 11.5 Å².